The van der Waals surface area contributed by atoms with Crippen LogP contribution in [0.15, 0.2) is 18.5 Å². The van der Waals surface area contributed by atoms with Gasteiger partial charge in [-0.05, 0) is 19.4 Å². The normalized spacial score (nSPS) is 10.4. The molecule has 84 valence electrons. The Bertz CT molecular complexity index is 450. The summed E-state index contributed by atoms with van der Waals surface area (Å²) in [6.07, 6.45) is 4.53. The Labute approximate surface area is 93.8 Å². The van der Waals surface area contributed by atoms with E-state index in [0.717, 1.165) is 13.0 Å². The van der Waals surface area contributed by atoms with Gasteiger partial charge in [0.2, 0.25) is 5.95 Å². The lowest BCUT2D eigenvalue weighted by Crippen LogP contribution is -2.10. The molecule has 6 heteroatoms. The largest absolute Gasteiger partial charge is 0.354 e. The lowest BCUT2D eigenvalue weighted by atomic mass is 10.5. The van der Waals surface area contributed by atoms with E-state index in [4.69, 9.17) is 0 Å². The van der Waals surface area contributed by atoms with Crippen molar-refractivity contribution in [1.82, 2.24) is 24.7 Å². The average molecular weight is 218 g/mol. The zero-order valence-electron chi connectivity index (χ0n) is 9.38. The third-order valence-corrected chi connectivity index (χ3v) is 1.98. The molecular weight excluding hydrogens is 204 g/mol. The van der Waals surface area contributed by atoms with Crippen LogP contribution in [0, 0.1) is 6.92 Å². The maximum absolute atomic E-state index is 4.28. The van der Waals surface area contributed by atoms with Gasteiger partial charge in [-0.1, -0.05) is 6.92 Å². The van der Waals surface area contributed by atoms with E-state index < -0.39 is 0 Å². The molecule has 2 rings (SSSR count). The molecule has 0 aliphatic carbocycles. The van der Waals surface area contributed by atoms with Gasteiger partial charge in [0.05, 0.1) is 0 Å². The fourth-order valence-electron chi connectivity index (χ4n) is 1.27. The molecular formula is C10H14N6. The minimum Gasteiger partial charge on any atom is -0.354 e. The molecule has 2 heterocycles. The molecule has 0 amide bonds. The zero-order valence-corrected chi connectivity index (χ0v) is 9.38. The molecule has 0 spiro atoms. The summed E-state index contributed by atoms with van der Waals surface area (Å²) in [5.74, 6) is 1.81. The van der Waals surface area contributed by atoms with Crippen molar-refractivity contribution in [3.63, 3.8) is 0 Å². The van der Waals surface area contributed by atoms with Crippen LogP contribution in [0.1, 0.15) is 19.2 Å². The van der Waals surface area contributed by atoms with E-state index in [9.17, 15) is 0 Å². The standard InChI is InChI=1S/C10H14N6/c1-3-5-11-9-13-8(2)14-10(15-9)16-7-4-6-12-16/h4,6-7H,3,5H2,1-2H3,(H,11,13,14,15). The molecule has 0 saturated heterocycles. The molecule has 1 N–H and O–H groups in total. The molecule has 0 unspecified atom stereocenters. The monoisotopic (exact) mass is 218 g/mol. The quantitative estimate of drug-likeness (QED) is 0.834. The van der Waals surface area contributed by atoms with Crippen molar-refractivity contribution in [2.45, 2.75) is 20.3 Å². The summed E-state index contributed by atoms with van der Waals surface area (Å²) >= 11 is 0. The van der Waals surface area contributed by atoms with Crippen LogP contribution in [-0.2, 0) is 0 Å². The molecule has 16 heavy (non-hydrogen) atoms. The first kappa shape index (κ1) is 10.5. The fourth-order valence-corrected chi connectivity index (χ4v) is 1.27. The van der Waals surface area contributed by atoms with Gasteiger partial charge >= 0.3 is 0 Å². The summed E-state index contributed by atoms with van der Waals surface area (Å²) in [4.78, 5) is 12.7. The summed E-state index contributed by atoms with van der Waals surface area (Å²) < 4.78 is 1.62. The van der Waals surface area contributed by atoms with Gasteiger partial charge in [-0.15, -0.1) is 0 Å². The van der Waals surface area contributed by atoms with Gasteiger partial charge in [-0.2, -0.15) is 20.1 Å². The molecule has 0 radical (unpaired) electrons. The Kier molecular flexibility index (Phi) is 3.09. The lowest BCUT2D eigenvalue weighted by Gasteiger charge is -2.05. The van der Waals surface area contributed by atoms with E-state index in [0.29, 0.717) is 17.7 Å². The Balaban J connectivity index is 2.29. The molecule has 0 fully saturated rings. The summed E-state index contributed by atoms with van der Waals surface area (Å²) in [5.41, 5.74) is 0. The van der Waals surface area contributed by atoms with Crippen molar-refractivity contribution in [3.05, 3.63) is 24.3 Å². The van der Waals surface area contributed by atoms with Crippen LogP contribution in [0.4, 0.5) is 5.95 Å². The summed E-state index contributed by atoms with van der Waals surface area (Å²) in [6, 6.07) is 1.83. The maximum Gasteiger partial charge on any atom is 0.255 e. The van der Waals surface area contributed by atoms with Crippen LogP contribution >= 0.6 is 0 Å². The first-order valence-electron chi connectivity index (χ1n) is 5.26. The third-order valence-electron chi connectivity index (χ3n) is 1.98. The van der Waals surface area contributed by atoms with E-state index >= 15 is 0 Å². The van der Waals surface area contributed by atoms with Crippen molar-refractivity contribution in [3.8, 4) is 5.95 Å². The second kappa shape index (κ2) is 4.69. The number of hydrogen-bond acceptors (Lipinski definition) is 5. The Hall–Kier alpha value is -1.98. The number of hydrogen-bond donors (Lipinski definition) is 1. The van der Waals surface area contributed by atoms with Gasteiger partial charge in [-0.25, -0.2) is 4.68 Å². The van der Waals surface area contributed by atoms with Gasteiger partial charge in [0, 0.05) is 18.9 Å². The van der Waals surface area contributed by atoms with Crippen molar-refractivity contribution >= 4 is 5.95 Å². The SMILES string of the molecule is CCCNc1nc(C)nc(-n2cccn2)n1. The molecule has 2 aromatic rings. The molecule has 0 atom stereocenters. The van der Waals surface area contributed by atoms with Crippen LogP contribution in [-0.4, -0.2) is 31.3 Å². The van der Waals surface area contributed by atoms with Crippen LogP contribution in [0.2, 0.25) is 0 Å². The van der Waals surface area contributed by atoms with Crippen LogP contribution in [0.25, 0.3) is 5.95 Å². The van der Waals surface area contributed by atoms with Crippen LogP contribution in [0.5, 0.6) is 0 Å². The topological polar surface area (TPSA) is 68.5 Å². The minimum absolute atomic E-state index is 0.538. The molecule has 0 aromatic carbocycles. The van der Waals surface area contributed by atoms with Gasteiger partial charge < -0.3 is 5.32 Å². The maximum atomic E-state index is 4.28. The first-order chi connectivity index (χ1) is 7.79. The van der Waals surface area contributed by atoms with E-state index in [2.05, 4.69) is 32.3 Å². The molecule has 0 aliphatic heterocycles. The molecule has 0 saturated carbocycles. The van der Waals surface area contributed by atoms with Crippen LogP contribution < -0.4 is 5.32 Å². The summed E-state index contributed by atoms with van der Waals surface area (Å²) in [5, 5.41) is 7.22. The zero-order chi connectivity index (χ0) is 11.4. The number of nitrogens with zero attached hydrogens (tertiary/aromatic N) is 5. The number of nitrogens with one attached hydrogen (secondary N) is 1. The number of anilines is 1. The Morgan fingerprint density at radius 2 is 2.19 bits per heavy atom. The fraction of sp³-hybridized carbons (Fsp3) is 0.400. The highest BCUT2D eigenvalue weighted by atomic mass is 15.4. The summed E-state index contributed by atoms with van der Waals surface area (Å²) in [6.45, 7) is 4.78. The number of rotatable bonds is 4. The predicted octanol–water partition coefficient (Wildman–Crippen LogP) is 1.19. The van der Waals surface area contributed by atoms with Crippen molar-refractivity contribution < 1.29 is 0 Å². The molecule has 0 aliphatic rings. The van der Waals surface area contributed by atoms with Crippen molar-refractivity contribution in [1.29, 1.82) is 0 Å². The molecule has 2 aromatic heterocycles. The predicted molar refractivity (Wildman–Crippen MR) is 60.5 cm³/mol. The van der Waals surface area contributed by atoms with Gasteiger partial charge in [0.15, 0.2) is 0 Å². The second-order valence-electron chi connectivity index (χ2n) is 3.38. The van der Waals surface area contributed by atoms with Crippen molar-refractivity contribution in [2.75, 3.05) is 11.9 Å². The van der Waals surface area contributed by atoms with E-state index in [1.165, 1.54) is 0 Å². The van der Waals surface area contributed by atoms with E-state index in [-0.39, 0.29) is 0 Å². The highest BCUT2D eigenvalue weighted by molar-refractivity contribution is 5.27. The second-order valence-corrected chi connectivity index (χ2v) is 3.38. The average Bonchev–Trinajstić information content (AvgIpc) is 2.79. The molecule has 6 nitrogen and oxygen atoms in total. The highest BCUT2D eigenvalue weighted by Crippen LogP contribution is 2.04. The van der Waals surface area contributed by atoms with E-state index in [1.54, 1.807) is 17.1 Å². The Morgan fingerprint density at radius 1 is 1.31 bits per heavy atom. The third kappa shape index (κ3) is 2.33. The van der Waals surface area contributed by atoms with Gasteiger partial charge in [0.25, 0.3) is 5.95 Å². The smallest absolute Gasteiger partial charge is 0.255 e. The highest BCUT2D eigenvalue weighted by Gasteiger charge is 2.04. The summed E-state index contributed by atoms with van der Waals surface area (Å²) in [7, 11) is 0. The minimum atomic E-state index is 0.538. The molecule has 0 bridgehead atoms. The van der Waals surface area contributed by atoms with E-state index in [1.807, 2.05) is 13.0 Å². The number of aryl methyl sites for hydroxylation is 1. The Morgan fingerprint density at radius 3 is 2.88 bits per heavy atom. The van der Waals surface area contributed by atoms with Crippen molar-refractivity contribution in [2.24, 2.45) is 0 Å². The van der Waals surface area contributed by atoms with Gasteiger partial charge in [-0.3, -0.25) is 0 Å². The van der Waals surface area contributed by atoms with Crippen LogP contribution in [0.3, 0.4) is 0 Å². The first-order valence-corrected chi connectivity index (χ1v) is 5.26. The van der Waals surface area contributed by atoms with Gasteiger partial charge in [0.1, 0.15) is 5.82 Å². The number of aromatic nitrogens is 5. The lowest BCUT2D eigenvalue weighted by molar-refractivity contribution is 0.780.